The highest BCUT2D eigenvalue weighted by atomic mass is 16.3. The van der Waals surface area contributed by atoms with Gasteiger partial charge < -0.3 is 15.3 Å². The van der Waals surface area contributed by atoms with Crippen LogP contribution in [-0.2, 0) is 0 Å². The third-order valence-electron chi connectivity index (χ3n) is 2.83. The highest BCUT2D eigenvalue weighted by Gasteiger charge is 2.24. The van der Waals surface area contributed by atoms with Crippen molar-refractivity contribution in [3.8, 4) is 0 Å². The van der Waals surface area contributed by atoms with Crippen molar-refractivity contribution in [1.82, 2.24) is 9.97 Å². The number of anilines is 2. The minimum atomic E-state index is 0.0615. The van der Waals surface area contributed by atoms with E-state index in [1.165, 1.54) is 0 Å². The zero-order valence-electron chi connectivity index (χ0n) is 11.9. The Hall–Kier alpha value is -1.36. The zero-order valence-corrected chi connectivity index (χ0v) is 11.9. The van der Waals surface area contributed by atoms with Crippen molar-refractivity contribution in [3.63, 3.8) is 0 Å². The van der Waals surface area contributed by atoms with Crippen molar-refractivity contribution in [2.45, 2.75) is 33.2 Å². The van der Waals surface area contributed by atoms with Gasteiger partial charge in [0.2, 0.25) is 5.95 Å². The Morgan fingerprint density at radius 3 is 2.56 bits per heavy atom. The molecule has 5 nitrogen and oxygen atoms in total. The van der Waals surface area contributed by atoms with Gasteiger partial charge in [0.15, 0.2) is 0 Å². The van der Waals surface area contributed by atoms with Gasteiger partial charge in [-0.15, -0.1) is 0 Å². The van der Waals surface area contributed by atoms with E-state index in [0.717, 1.165) is 5.82 Å². The second kappa shape index (κ2) is 6.00. The Morgan fingerprint density at radius 1 is 1.39 bits per heavy atom. The van der Waals surface area contributed by atoms with Crippen molar-refractivity contribution in [1.29, 1.82) is 0 Å². The molecule has 0 saturated carbocycles. The van der Waals surface area contributed by atoms with Crippen molar-refractivity contribution in [2.75, 3.05) is 30.9 Å². The standard InChI is InChI=1S/C13H24N4O/c1-13(2,3)10(7-9-18)15-11-6-8-14-12(16-11)17(4)5/h6,8,10,18H,7,9H2,1-5H3,(H,14,15,16). The van der Waals surface area contributed by atoms with E-state index in [4.69, 9.17) is 5.11 Å². The maximum atomic E-state index is 9.14. The van der Waals surface area contributed by atoms with Gasteiger partial charge in [-0.05, 0) is 17.9 Å². The number of aromatic nitrogens is 2. The molecule has 0 spiro atoms. The number of nitrogens with one attached hydrogen (secondary N) is 1. The number of rotatable bonds is 5. The number of hydrogen-bond acceptors (Lipinski definition) is 5. The molecule has 1 aromatic rings. The van der Waals surface area contributed by atoms with Gasteiger partial charge in [-0.3, -0.25) is 0 Å². The quantitative estimate of drug-likeness (QED) is 0.836. The number of aliphatic hydroxyl groups excluding tert-OH is 1. The van der Waals surface area contributed by atoms with Crippen LogP contribution in [0.3, 0.4) is 0 Å². The van der Waals surface area contributed by atoms with Gasteiger partial charge in [-0.2, -0.15) is 4.98 Å². The SMILES string of the molecule is CN(C)c1nccc(NC(CCO)C(C)(C)C)n1. The van der Waals surface area contributed by atoms with Crippen LogP contribution in [-0.4, -0.2) is 41.8 Å². The average molecular weight is 252 g/mol. The van der Waals surface area contributed by atoms with Gasteiger partial charge >= 0.3 is 0 Å². The van der Waals surface area contributed by atoms with Crippen LogP contribution < -0.4 is 10.2 Å². The van der Waals surface area contributed by atoms with Crippen molar-refractivity contribution in [3.05, 3.63) is 12.3 Å². The van der Waals surface area contributed by atoms with Crippen LogP contribution in [0, 0.1) is 5.41 Å². The van der Waals surface area contributed by atoms with Crippen LogP contribution >= 0.6 is 0 Å². The topological polar surface area (TPSA) is 61.3 Å². The largest absolute Gasteiger partial charge is 0.396 e. The average Bonchev–Trinajstić information content (AvgIpc) is 2.27. The summed E-state index contributed by atoms with van der Waals surface area (Å²) in [4.78, 5) is 10.5. The van der Waals surface area contributed by atoms with Crippen molar-refractivity contribution >= 4 is 11.8 Å². The molecule has 5 heteroatoms. The summed E-state index contributed by atoms with van der Waals surface area (Å²) in [6.45, 7) is 6.61. The minimum absolute atomic E-state index is 0.0615. The predicted octanol–water partition coefficient (Wildman–Crippen LogP) is 1.75. The van der Waals surface area contributed by atoms with Crippen LogP contribution in [0.1, 0.15) is 27.2 Å². The van der Waals surface area contributed by atoms with E-state index in [1.54, 1.807) is 6.20 Å². The summed E-state index contributed by atoms with van der Waals surface area (Å²) in [7, 11) is 3.82. The minimum Gasteiger partial charge on any atom is -0.396 e. The highest BCUT2D eigenvalue weighted by molar-refractivity contribution is 5.41. The molecule has 1 rings (SSSR count). The Labute approximate surface area is 109 Å². The molecule has 1 unspecified atom stereocenters. The van der Waals surface area contributed by atoms with Crippen LogP contribution in [0.5, 0.6) is 0 Å². The Morgan fingerprint density at radius 2 is 2.06 bits per heavy atom. The second-order valence-corrected chi connectivity index (χ2v) is 5.71. The maximum Gasteiger partial charge on any atom is 0.226 e. The molecule has 102 valence electrons. The smallest absolute Gasteiger partial charge is 0.226 e. The lowest BCUT2D eigenvalue weighted by atomic mass is 9.85. The maximum absolute atomic E-state index is 9.14. The first-order valence-corrected chi connectivity index (χ1v) is 6.22. The van der Waals surface area contributed by atoms with Gasteiger partial charge in [0.1, 0.15) is 5.82 Å². The van der Waals surface area contributed by atoms with E-state index in [-0.39, 0.29) is 18.1 Å². The Bertz CT molecular complexity index is 373. The summed E-state index contributed by atoms with van der Waals surface area (Å²) in [6.07, 6.45) is 2.44. The summed E-state index contributed by atoms with van der Waals surface area (Å²) in [5, 5.41) is 12.5. The van der Waals surface area contributed by atoms with Gasteiger partial charge in [0, 0.05) is 32.9 Å². The molecule has 0 aliphatic carbocycles. The van der Waals surface area contributed by atoms with E-state index < -0.39 is 0 Å². The van der Waals surface area contributed by atoms with E-state index in [9.17, 15) is 0 Å². The van der Waals surface area contributed by atoms with Gasteiger partial charge in [0.25, 0.3) is 0 Å². The fourth-order valence-electron chi connectivity index (χ4n) is 1.67. The molecule has 1 heterocycles. The summed E-state index contributed by atoms with van der Waals surface area (Å²) in [6, 6.07) is 2.02. The van der Waals surface area contributed by atoms with Crippen molar-refractivity contribution in [2.24, 2.45) is 5.41 Å². The molecule has 0 amide bonds. The Balaban J connectivity index is 2.84. The first kappa shape index (κ1) is 14.7. The van der Waals surface area contributed by atoms with E-state index in [2.05, 4.69) is 36.1 Å². The number of nitrogens with zero attached hydrogens (tertiary/aromatic N) is 3. The van der Waals surface area contributed by atoms with Gasteiger partial charge in [-0.25, -0.2) is 4.98 Å². The molecule has 1 atom stereocenters. The lowest BCUT2D eigenvalue weighted by molar-refractivity contribution is 0.235. The number of aliphatic hydroxyl groups is 1. The van der Waals surface area contributed by atoms with E-state index in [1.807, 2.05) is 25.1 Å². The summed E-state index contributed by atoms with van der Waals surface area (Å²) >= 11 is 0. The molecule has 1 aromatic heterocycles. The van der Waals surface area contributed by atoms with Gasteiger partial charge in [0.05, 0.1) is 0 Å². The Kier molecular flexibility index (Phi) is 4.90. The molecule has 18 heavy (non-hydrogen) atoms. The molecular weight excluding hydrogens is 228 g/mol. The molecular formula is C13H24N4O. The molecule has 2 N–H and O–H groups in total. The van der Waals surface area contributed by atoms with Crippen molar-refractivity contribution < 1.29 is 5.11 Å². The zero-order chi connectivity index (χ0) is 13.8. The molecule has 0 radical (unpaired) electrons. The summed E-state index contributed by atoms with van der Waals surface area (Å²) in [5.41, 5.74) is 0.0615. The van der Waals surface area contributed by atoms with Crippen LogP contribution in [0.2, 0.25) is 0 Å². The lowest BCUT2D eigenvalue weighted by Gasteiger charge is -2.31. The van der Waals surface area contributed by atoms with E-state index >= 15 is 0 Å². The third-order valence-corrected chi connectivity index (χ3v) is 2.83. The normalized spacial score (nSPS) is 13.2. The molecule has 0 bridgehead atoms. The summed E-state index contributed by atoms with van der Waals surface area (Å²) < 4.78 is 0. The lowest BCUT2D eigenvalue weighted by Crippen LogP contribution is -2.35. The fourth-order valence-corrected chi connectivity index (χ4v) is 1.67. The van der Waals surface area contributed by atoms with Gasteiger partial charge in [-0.1, -0.05) is 20.8 Å². The monoisotopic (exact) mass is 252 g/mol. The van der Waals surface area contributed by atoms with Crippen LogP contribution in [0.15, 0.2) is 12.3 Å². The molecule has 0 saturated heterocycles. The molecule has 0 aliphatic heterocycles. The fraction of sp³-hybridized carbons (Fsp3) is 0.692. The highest BCUT2D eigenvalue weighted by Crippen LogP contribution is 2.25. The molecule has 0 aromatic carbocycles. The van der Waals surface area contributed by atoms with E-state index in [0.29, 0.717) is 12.4 Å². The van der Waals surface area contributed by atoms with Crippen LogP contribution in [0.4, 0.5) is 11.8 Å². The second-order valence-electron chi connectivity index (χ2n) is 5.71. The first-order chi connectivity index (χ1) is 8.34. The number of hydrogen-bond donors (Lipinski definition) is 2. The predicted molar refractivity (Wildman–Crippen MR) is 74.9 cm³/mol. The first-order valence-electron chi connectivity index (χ1n) is 6.22. The molecule has 0 fully saturated rings. The molecule has 0 aliphatic rings. The third kappa shape index (κ3) is 4.14. The summed E-state index contributed by atoms with van der Waals surface area (Å²) in [5.74, 6) is 1.47. The van der Waals surface area contributed by atoms with Crippen LogP contribution in [0.25, 0.3) is 0 Å².